The molecule has 0 saturated carbocycles. The van der Waals surface area contributed by atoms with Crippen molar-refractivity contribution in [2.45, 2.75) is 19.4 Å². The molecule has 2 aromatic rings. The van der Waals surface area contributed by atoms with Crippen LogP contribution >= 0.6 is 0 Å². The quantitative estimate of drug-likeness (QED) is 0.796. The van der Waals surface area contributed by atoms with E-state index in [0.29, 0.717) is 35.3 Å². The minimum Gasteiger partial charge on any atom is -0.493 e. The van der Waals surface area contributed by atoms with Crippen LogP contribution in [-0.4, -0.2) is 50.3 Å². The van der Waals surface area contributed by atoms with Gasteiger partial charge in [-0.2, -0.15) is 0 Å². The van der Waals surface area contributed by atoms with Gasteiger partial charge < -0.3 is 24.4 Å². The molecule has 1 aromatic heterocycles. The third-order valence-corrected chi connectivity index (χ3v) is 4.45. The molecule has 1 aliphatic rings. The fraction of sp³-hybridized carbons (Fsp3) is 0.421. The second-order valence-corrected chi connectivity index (χ2v) is 6.14. The van der Waals surface area contributed by atoms with Crippen molar-refractivity contribution in [1.82, 2.24) is 15.3 Å². The van der Waals surface area contributed by atoms with E-state index in [1.54, 1.807) is 24.4 Å². The molecule has 0 bridgehead atoms. The highest BCUT2D eigenvalue weighted by atomic mass is 16.5. The summed E-state index contributed by atoms with van der Waals surface area (Å²) in [6.07, 6.45) is 4.04. The average molecular weight is 372 g/mol. The van der Waals surface area contributed by atoms with Crippen LogP contribution in [-0.2, 0) is 6.54 Å². The summed E-state index contributed by atoms with van der Waals surface area (Å²) in [6.45, 7) is 2.25. The highest BCUT2D eigenvalue weighted by molar-refractivity contribution is 5.95. The highest BCUT2D eigenvalue weighted by Crippen LogP contribution is 2.38. The minimum atomic E-state index is -0.254. The van der Waals surface area contributed by atoms with Crippen molar-refractivity contribution < 1.29 is 19.0 Å². The largest absolute Gasteiger partial charge is 0.493 e. The maximum Gasteiger partial charge on any atom is 0.251 e. The Morgan fingerprint density at radius 1 is 1.11 bits per heavy atom. The van der Waals surface area contributed by atoms with Gasteiger partial charge in [0.25, 0.3) is 5.91 Å². The predicted molar refractivity (Wildman–Crippen MR) is 101 cm³/mol. The molecule has 1 aromatic carbocycles. The smallest absolute Gasteiger partial charge is 0.251 e. The molecule has 1 saturated heterocycles. The van der Waals surface area contributed by atoms with Gasteiger partial charge in [-0.15, -0.1) is 0 Å². The van der Waals surface area contributed by atoms with Gasteiger partial charge in [0.1, 0.15) is 0 Å². The third-order valence-electron chi connectivity index (χ3n) is 4.45. The summed E-state index contributed by atoms with van der Waals surface area (Å²) in [5.74, 6) is 1.77. The summed E-state index contributed by atoms with van der Waals surface area (Å²) >= 11 is 0. The maximum atomic E-state index is 12.6. The molecule has 8 heteroatoms. The number of methoxy groups -OCH3 is 3. The maximum absolute atomic E-state index is 12.6. The van der Waals surface area contributed by atoms with Gasteiger partial charge in [-0.1, -0.05) is 0 Å². The number of anilines is 1. The van der Waals surface area contributed by atoms with Crippen molar-refractivity contribution in [2.75, 3.05) is 39.3 Å². The van der Waals surface area contributed by atoms with Crippen LogP contribution in [0.1, 0.15) is 28.9 Å². The second-order valence-electron chi connectivity index (χ2n) is 6.14. The van der Waals surface area contributed by atoms with Crippen LogP contribution in [0.2, 0.25) is 0 Å². The molecule has 1 fully saturated rings. The van der Waals surface area contributed by atoms with Gasteiger partial charge in [-0.05, 0) is 31.0 Å². The fourth-order valence-electron chi connectivity index (χ4n) is 3.04. The molecule has 0 spiro atoms. The summed E-state index contributed by atoms with van der Waals surface area (Å²) in [4.78, 5) is 23.6. The van der Waals surface area contributed by atoms with Crippen molar-refractivity contribution in [2.24, 2.45) is 0 Å². The number of amides is 1. The zero-order valence-electron chi connectivity index (χ0n) is 15.8. The van der Waals surface area contributed by atoms with E-state index in [0.717, 1.165) is 31.6 Å². The molecule has 27 heavy (non-hydrogen) atoms. The van der Waals surface area contributed by atoms with E-state index in [9.17, 15) is 4.79 Å². The standard InChI is InChI=1S/C19H24N4O4/c1-25-15-10-13(11-16(26-2)17(15)27-3)18(24)21-12-14-6-7-20-19(22-14)23-8-4-5-9-23/h6-7,10-11H,4-5,8-9,12H2,1-3H3,(H,21,24). The van der Waals surface area contributed by atoms with Crippen LogP contribution in [0.5, 0.6) is 17.2 Å². The lowest BCUT2D eigenvalue weighted by Crippen LogP contribution is -2.25. The van der Waals surface area contributed by atoms with Gasteiger partial charge in [-0.3, -0.25) is 4.79 Å². The van der Waals surface area contributed by atoms with Crippen molar-refractivity contribution >= 4 is 11.9 Å². The molecular formula is C19H24N4O4. The second kappa shape index (κ2) is 8.57. The first-order valence-electron chi connectivity index (χ1n) is 8.81. The lowest BCUT2D eigenvalue weighted by Gasteiger charge is -2.16. The number of rotatable bonds is 7. The first-order chi connectivity index (χ1) is 13.2. The van der Waals surface area contributed by atoms with E-state index in [4.69, 9.17) is 14.2 Å². The number of hydrogen-bond donors (Lipinski definition) is 1. The molecular weight excluding hydrogens is 348 g/mol. The molecule has 1 aliphatic heterocycles. The van der Waals surface area contributed by atoms with E-state index in [2.05, 4.69) is 20.2 Å². The summed E-state index contributed by atoms with van der Waals surface area (Å²) in [6, 6.07) is 5.04. The van der Waals surface area contributed by atoms with Crippen LogP contribution in [0.3, 0.4) is 0 Å². The van der Waals surface area contributed by atoms with Gasteiger partial charge in [0.05, 0.1) is 33.6 Å². The van der Waals surface area contributed by atoms with E-state index >= 15 is 0 Å². The Bertz CT molecular complexity index is 781. The monoisotopic (exact) mass is 372 g/mol. The minimum absolute atomic E-state index is 0.254. The SMILES string of the molecule is COc1cc(C(=O)NCc2ccnc(N3CCCC3)n2)cc(OC)c1OC. The lowest BCUT2D eigenvalue weighted by atomic mass is 10.1. The summed E-state index contributed by atoms with van der Waals surface area (Å²) < 4.78 is 15.9. The molecule has 0 unspecified atom stereocenters. The number of ether oxygens (including phenoxy) is 3. The van der Waals surface area contributed by atoms with Crippen LogP contribution in [0.15, 0.2) is 24.4 Å². The number of hydrogen-bond acceptors (Lipinski definition) is 7. The molecule has 1 N–H and O–H groups in total. The van der Waals surface area contributed by atoms with Crippen LogP contribution in [0, 0.1) is 0 Å². The predicted octanol–water partition coefficient (Wildman–Crippen LogP) is 2.03. The normalized spacial score (nSPS) is 13.4. The fourth-order valence-corrected chi connectivity index (χ4v) is 3.04. The molecule has 0 atom stereocenters. The van der Waals surface area contributed by atoms with Crippen molar-refractivity contribution in [3.05, 3.63) is 35.7 Å². The third kappa shape index (κ3) is 4.21. The zero-order chi connectivity index (χ0) is 19.2. The van der Waals surface area contributed by atoms with E-state index < -0.39 is 0 Å². The molecule has 144 valence electrons. The van der Waals surface area contributed by atoms with Crippen molar-refractivity contribution in [1.29, 1.82) is 0 Å². The van der Waals surface area contributed by atoms with Crippen molar-refractivity contribution in [3.63, 3.8) is 0 Å². The lowest BCUT2D eigenvalue weighted by molar-refractivity contribution is 0.0949. The van der Waals surface area contributed by atoms with Gasteiger partial charge in [-0.25, -0.2) is 9.97 Å². The van der Waals surface area contributed by atoms with Crippen LogP contribution in [0.4, 0.5) is 5.95 Å². The van der Waals surface area contributed by atoms with Gasteiger partial charge in [0.15, 0.2) is 11.5 Å². The van der Waals surface area contributed by atoms with Gasteiger partial charge >= 0.3 is 0 Å². The van der Waals surface area contributed by atoms with Gasteiger partial charge in [0, 0.05) is 24.8 Å². The van der Waals surface area contributed by atoms with E-state index in [1.807, 2.05) is 0 Å². The molecule has 0 radical (unpaired) electrons. The molecule has 3 rings (SSSR count). The number of aromatic nitrogens is 2. The topological polar surface area (TPSA) is 85.8 Å². The summed E-state index contributed by atoms with van der Waals surface area (Å²) in [5, 5.41) is 2.87. The number of benzene rings is 1. The Morgan fingerprint density at radius 2 is 1.78 bits per heavy atom. The van der Waals surface area contributed by atoms with Crippen LogP contribution < -0.4 is 24.4 Å². The Morgan fingerprint density at radius 3 is 2.37 bits per heavy atom. The summed E-state index contributed by atoms with van der Waals surface area (Å²) in [7, 11) is 4.55. The number of nitrogens with zero attached hydrogens (tertiary/aromatic N) is 3. The first-order valence-corrected chi connectivity index (χ1v) is 8.81. The van der Waals surface area contributed by atoms with E-state index in [1.165, 1.54) is 21.3 Å². The van der Waals surface area contributed by atoms with Gasteiger partial charge in [0.2, 0.25) is 11.7 Å². The highest BCUT2D eigenvalue weighted by Gasteiger charge is 2.18. The van der Waals surface area contributed by atoms with E-state index in [-0.39, 0.29) is 5.91 Å². The Hall–Kier alpha value is -3.03. The molecule has 8 nitrogen and oxygen atoms in total. The number of carbonyl (C=O) groups excluding carboxylic acids is 1. The molecule has 2 heterocycles. The molecule has 1 amide bonds. The van der Waals surface area contributed by atoms with Crippen LogP contribution in [0.25, 0.3) is 0 Å². The molecule has 0 aliphatic carbocycles. The number of carbonyl (C=O) groups is 1. The summed E-state index contributed by atoms with van der Waals surface area (Å²) in [5.41, 5.74) is 1.17. The zero-order valence-corrected chi connectivity index (χ0v) is 15.8. The number of nitrogens with one attached hydrogen (secondary N) is 1. The Balaban J connectivity index is 1.71. The first kappa shape index (κ1) is 18.8. The Kier molecular flexibility index (Phi) is 5.95. The average Bonchev–Trinajstić information content (AvgIpc) is 3.26. The van der Waals surface area contributed by atoms with Crippen molar-refractivity contribution in [3.8, 4) is 17.2 Å². The Labute approximate surface area is 158 Å².